The monoisotopic (exact) mass is 340 g/mol. The highest BCUT2D eigenvalue weighted by molar-refractivity contribution is 5.74. The minimum Gasteiger partial charge on any atom is -0.457 e. The van der Waals surface area contributed by atoms with Crippen molar-refractivity contribution < 1.29 is 14.6 Å². The molecule has 2 aromatic carbocycles. The summed E-state index contributed by atoms with van der Waals surface area (Å²) in [5.74, 6) is 1.66. The van der Waals surface area contributed by atoms with Gasteiger partial charge in [-0.2, -0.15) is 0 Å². The van der Waals surface area contributed by atoms with Crippen molar-refractivity contribution in [3.05, 3.63) is 60.2 Å². The summed E-state index contributed by atoms with van der Waals surface area (Å²) in [4.78, 5) is 14.1. The van der Waals surface area contributed by atoms with Crippen LogP contribution in [0.3, 0.4) is 0 Å². The Morgan fingerprint density at radius 2 is 1.96 bits per heavy atom. The van der Waals surface area contributed by atoms with Gasteiger partial charge in [0.2, 0.25) is 0 Å². The van der Waals surface area contributed by atoms with Gasteiger partial charge in [-0.15, -0.1) is 0 Å². The molecule has 0 saturated carbocycles. The molecule has 1 heterocycles. The first-order valence-electron chi connectivity index (χ1n) is 8.65. The number of carbonyl (C=O) groups excluding carboxylic acids is 1. The van der Waals surface area contributed by atoms with E-state index in [2.05, 4.69) is 5.32 Å². The molecule has 2 aromatic rings. The molecule has 1 aliphatic heterocycles. The number of para-hydroxylation sites is 2. The smallest absolute Gasteiger partial charge is 0.317 e. The average molecular weight is 340 g/mol. The van der Waals surface area contributed by atoms with Crippen molar-refractivity contribution >= 4 is 6.03 Å². The van der Waals surface area contributed by atoms with E-state index in [1.807, 2.05) is 54.6 Å². The zero-order valence-electron chi connectivity index (χ0n) is 14.4. The predicted octanol–water partition coefficient (Wildman–Crippen LogP) is 3.39. The lowest BCUT2D eigenvalue weighted by Crippen LogP contribution is -2.38. The number of hydrogen-bond donors (Lipinski definition) is 2. The van der Waals surface area contributed by atoms with Crippen LogP contribution < -0.4 is 10.1 Å². The Hall–Kier alpha value is -2.53. The maximum Gasteiger partial charge on any atom is 0.317 e. The van der Waals surface area contributed by atoms with E-state index in [9.17, 15) is 9.90 Å². The lowest BCUT2D eigenvalue weighted by atomic mass is 10.0. The number of carbonyl (C=O) groups is 1. The SMILES string of the molecule is C[C@@H](O)[C@@H]1CCN(C(=O)NCc2ccccc2Oc2ccccc2)C1. The predicted molar refractivity (Wildman–Crippen MR) is 96.6 cm³/mol. The van der Waals surface area contributed by atoms with E-state index < -0.39 is 0 Å². The lowest BCUT2D eigenvalue weighted by molar-refractivity contribution is 0.129. The first-order chi connectivity index (χ1) is 12.1. The molecule has 1 fully saturated rings. The van der Waals surface area contributed by atoms with Gasteiger partial charge in [0.05, 0.1) is 6.10 Å². The summed E-state index contributed by atoms with van der Waals surface area (Å²) >= 11 is 0. The van der Waals surface area contributed by atoms with Crippen molar-refractivity contribution in [1.29, 1.82) is 0 Å². The Labute approximate surface area is 148 Å². The molecule has 5 nitrogen and oxygen atoms in total. The van der Waals surface area contributed by atoms with Gasteiger partial charge in [0, 0.05) is 31.1 Å². The topological polar surface area (TPSA) is 61.8 Å². The number of aliphatic hydroxyl groups is 1. The highest BCUT2D eigenvalue weighted by Gasteiger charge is 2.28. The van der Waals surface area contributed by atoms with Gasteiger partial charge in [-0.25, -0.2) is 4.79 Å². The number of amides is 2. The van der Waals surface area contributed by atoms with Crippen molar-refractivity contribution in [1.82, 2.24) is 10.2 Å². The Balaban J connectivity index is 1.59. The second-order valence-electron chi connectivity index (χ2n) is 6.42. The Morgan fingerprint density at radius 3 is 2.68 bits per heavy atom. The fraction of sp³-hybridized carbons (Fsp3) is 0.350. The molecule has 2 N–H and O–H groups in total. The summed E-state index contributed by atoms with van der Waals surface area (Å²) < 4.78 is 5.92. The van der Waals surface area contributed by atoms with Crippen LogP contribution in [0.2, 0.25) is 0 Å². The van der Waals surface area contributed by atoms with Crippen molar-refractivity contribution in [3.63, 3.8) is 0 Å². The minimum absolute atomic E-state index is 0.0994. The molecular formula is C20H24N2O3. The van der Waals surface area contributed by atoms with Crippen molar-refractivity contribution in [2.24, 2.45) is 5.92 Å². The standard InChI is InChI=1S/C20H24N2O3/c1-15(23)17-11-12-22(14-17)20(24)21-13-16-7-5-6-10-19(16)25-18-8-3-2-4-9-18/h2-10,15,17,23H,11-14H2,1H3,(H,21,24)/t15-,17-/m1/s1. The number of hydrogen-bond acceptors (Lipinski definition) is 3. The third-order valence-corrected chi connectivity index (χ3v) is 4.57. The van der Waals surface area contributed by atoms with Gasteiger partial charge in [0.1, 0.15) is 11.5 Å². The summed E-state index contributed by atoms with van der Waals surface area (Å²) in [5, 5.41) is 12.6. The van der Waals surface area contributed by atoms with E-state index in [4.69, 9.17) is 4.74 Å². The number of aliphatic hydroxyl groups excluding tert-OH is 1. The van der Waals surface area contributed by atoms with E-state index in [0.29, 0.717) is 19.6 Å². The molecule has 0 aliphatic carbocycles. The summed E-state index contributed by atoms with van der Waals surface area (Å²) in [7, 11) is 0. The molecule has 0 aromatic heterocycles. The van der Waals surface area contributed by atoms with E-state index >= 15 is 0 Å². The van der Waals surface area contributed by atoms with Crippen LogP contribution >= 0.6 is 0 Å². The number of nitrogens with one attached hydrogen (secondary N) is 1. The number of ether oxygens (including phenoxy) is 1. The van der Waals surface area contributed by atoms with Crippen LogP contribution in [0.25, 0.3) is 0 Å². The van der Waals surface area contributed by atoms with Gasteiger partial charge in [-0.3, -0.25) is 0 Å². The normalized spacial score (nSPS) is 18.0. The fourth-order valence-corrected chi connectivity index (χ4v) is 3.01. The average Bonchev–Trinajstić information content (AvgIpc) is 3.12. The quantitative estimate of drug-likeness (QED) is 0.877. The van der Waals surface area contributed by atoms with Crippen LogP contribution in [-0.4, -0.2) is 35.2 Å². The highest BCUT2D eigenvalue weighted by atomic mass is 16.5. The number of likely N-dealkylation sites (tertiary alicyclic amines) is 1. The molecule has 2 amide bonds. The van der Waals surface area contributed by atoms with Crippen molar-refractivity contribution in [2.75, 3.05) is 13.1 Å². The molecule has 0 spiro atoms. The zero-order chi connectivity index (χ0) is 17.6. The molecule has 0 unspecified atom stereocenters. The summed E-state index contributed by atoms with van der Waals surface area (Å²) in [6, 6.07) is 17.2. The second-order valence-corrected chi connectivity index (χ2v) is 6.42. The van der Waals surface area contributed by atoms with Crippen LogP contribution in [0, 0.1) is 5.92 Å². The molecule has 25 heavy (non-hydrogen) atoms. The van der Waals surface area contributed by atoms with Crippen molar-refractivity contribution in [2.45, 2.75) is 26.0 Å². The van der Waals surface area contributed by atoms with E-state index in [1.54, 1.807) is 11.8 Å². The van der Waals surface area contributed by atoms with E-state index in [-0.39, 0.29) is 18.1 Å². The molecule has 0 bridgehead atoms. The maximum atomic E-state index is 12.3. The number of rotatable bonds is 5. The first-order valence-corrected chi connectivity index (χ1v) is 8.65. The number of benzene rings is 2. The first kappa shape index (κ1) is 17.3. The van der Waals surface area contributed by atoms with Gasteiger partial charge in [0.25, 0.3) is 0 Å². The molecule has 132 valence electrons. The highest BCUT2D eigenvalue weighted by Crippen LogP contribution is 2.25. The Bertz CT molecular complexity index is 703. The largest absolute Gasteiger partial charge is 0.457 e. The van der Waals surface area contributed by atoms with Crippen LogP contribution in [0.15, 0.2) is 54.6 Å². The maximum absolute atomic E-state index is 12.3. The summed E-state index contributed by atoms with van der Waals surface area (Å²) in [6.07, 6.45) is 0.469. The summed E-state index contributed by atoms with van der Waals surface area (Å²) in [5.41, 5.74) is 0.922. The van der Waals surface area contributed by atoms with Gasteiger partial charge in [-0.1, -0.05) is 36.4 Å². The fourth-order valence-electron chi connectivity index (χ4n) is 3.01. The zero-order valence-corrected chi connectivity index (χ0v) is 14.4. The molecule has 5 heteroatoms. The van der Waals surface area contributed by atoms with E-state index in [0.717, 1.165) is 23.5 Å². The molecule has 1 aliphatic rings. The lowest BCUT2D eigenvalue weighted by Gasteiger charge is -2.19. The molecular weight excluding hydrogens is 316 g/mol. The molecule has 2 atom stereocenters. The summed E-state index contributed by atoms with van der Waals surface area (Å²) in [6.45, 7) is 3.47. The van der Waals surface area contributed by atoms with Crippen LogP contribution in [0.1, 0.15) is 18.9 Å². The van der Waals surface area contributed by atoms with Crippen LogP contribution in [0.4, 0.5) is 4.79 Å². The van der Waals surface area contributed by atoms with E-state index in [1.165, 1.54) is 0 Å². The third-order valence-electron chi connectivity index (χ3n) is 4.57. The van der Waals surface area contributed by atoms with Crippen molar-refractivity contribution in [3.8, 4) is 11.5 Å². The van der Waals surface area contributed by atoms with Crippen LogP contribution in [-0.2, 0) is 6.54 Å². The van der Waals surface area contributed by atoms with Gasteiger partial charge in [0.15, 0.2) is 0 Å². The van der Waals surface area contributed by atoms with Gasteiger partial charge in [-0.05, 0) is 31.5 Å². The molecule has 0 radical (unpaired) electrons. The number of nitrogens with zero attached hydrogens (tertiary/aromatic N) is 1. The number of urea groups is 1. The Kier molecular flexibility index (Phi) is 5.56. The molecule has 3 rings (SSSR count). The Morgan fingerprint density at radius 1 is 1.24 bits per heavy atom. The van der Waals surface area contributed by atoms with Crippen LogP contribution in [0.5, 0.6) is 11.5 Å². The van der Waals surface area contributed by atoms with Gasteiger partial charge < -0.3 is 20.1 Å². The van der Waals surface area contributed by atoms with Gasteiger partial charge >= 0.3 is 6.03 Å². The second kappa shape index (κ2) is 8.03. The third kappa shape index (κ3) is 4.51. The molecule has 1 saturated heterocycles. The minimum atomic E-state index is -0.377.